The molecule has 1 heterocycles. The third-order valence-electron chi connectivity index (χ3n) is 3.64. The first-order chi connectivity index (χ1) is 13.9. The fourth-order valence-electron chi connectivity index (χ4n) is 2.33. The summed E-state index contributed by atoms with van der Waals surface area (Å²) in [6.07, 6.45) is 1.25. The molecule has 0 radical (unpaired) electrons. The van der Waals surface area contributed by atoms with E-state index in [9.17, 15) is 23.3 Å². The molecule has 1 amide bonds. The zero-order chi connectivity index (χ0) is 20.9. The predicted molar refractivity (Wildman–Crippen MR) is 110 cm³/mol. The minimum atomic E-state index is -3.82. The number of hydrogen-bond acceptors (Lipinski definition) is 7. The van der Waals surface area contributed by atoms with Gasteiger partial charge in [-0.2, -0.15) is 5.10 Å². The number of non-ortho nitro benzene ring substituents is 1. The Hall–Kier alpha value is -3.57. The molecule has 0 fully saturated rings. The van der Waals surface area contributed by atoms with Crippen LogP contribution in [0.4, 0.5) is 11.4 Å². The Morgan fingerprint density at radius 2 is 1.90 bits per heavy atom. The molecule has 11 heteroatoms. The van der Waals surface area contributed by atoms with Crippen molar-refractivity contribution in [3.63, 3.8) is 0 Å². The molecule has 0 aliphatic carbocycles. The summed E-state index contributed by atoms with van der Waals surface area (Å²) in [7, 11) is -3.82. The molecule has 148 valence electrons. The number of nitro groups is 1. The highest BCUT2D eigenvalue weighted by molar-refractivity contribution is 7.94. The van der Waals surface area contributed by atoms with E-state index in [2.05, 4.69) is 15.2 Å². The van der Waals surface area contributed by atoms with E-state index in [1.165, 1.54) is 42.6 Å². The van der Waals surface area contributed by atoms with Gasteiger partial charge in [0.1, 0.15) is 4.21 Å². The van der Waals surface area contributed by atoms with E-state index in [1.807, 2.05) is 0 Å². The third kappa shape index (κ3) is 5.03. The van der Waals surface area contributed by atoms with Crippen molar-refractivity contribution in [1.29, 1.82) is 0 Å². The molecule has 0 saturated heterocycles. The second kappa shape index (κ2) is 8.63. The van der Waals surface area contributed by atoms with Crippen molar-refractivity contribution in [2.24, 2.45) is 5.10 Å². The average molecular weight is 430 g/mol. The normalized spacial score (nSPS) is 11.3. The van der Waals surface area contributed by atoms with E-state index >= 15 is 0 Å². The van der Waals surface area contributed by atoms with Crippen LogP contribution in [0.5, 0.6) is 0 Å². The summed E-state index contributed by atoms with van der Waals surface area (Å²) in [5.41, 5.74) is 2.78. The number of nitrogens with one attached hydrogen (secondary N) is 2. The quantitative estimate of drug-likeness (QED) is 0.338. The Morgan fingerprint density at radius 3 is 2.62 bits per heavy atom. The molecule has 1 aromatic heterocycles. The maximum absolute atomic E-state index is 12.4. The van der Waals surface area contributed by atoms with Crippen molar-refractivity contribution in [2.75, 3.05) is 4.72 Å². The Kier molecular flexibility index (Phi) is 6.00. The van der Waals surface area contributed by atoms with Crippen molar-refractivity contribution in [2.45, 2.75) is 4.21 Å². The number of nitro benzene ring substituents is 1. The number of rotatable bonds is 7. The molecule has 2 N–H and O–H groups in total. The van der Waals surface area contributed by atoms with E-state index in [0.29, 0.717) is 5.56 Å². The minimum absolute atomic E-state index is 0.0730. The predicted octanol–water partition coefficient (Wildman–Crippen LogP) is 3.22. The van der Waals surface area contributed by atoms with Crippen LogP contribution in [0, 0.1) is 10.1 Å². The lowest BCUT2D eigenvalue weighted by molar-refractivity contribution is -0.384. The number of thiophene rings is 1. The molecule has 0 spiro atoms. The number of anilines is 1. The van der Waals surface area contributed by atoms with Gasteiger partial charge < -0.3 is 0 Å². The number of carbonyl (C=O) groups is 1. The van der Waals surface area contributed by atoms with Crippen LogP contribution < -0.4 is 10.1 Å². The average Bonchev–Trinajstić information content (AvgIpc) is 3.24. The van der Waals surface area contributed by atoms with Gasteiger partial charge in [0, 0.05) is 17.7 Å². The van der Waals surface area contributed by atoms with Crippen molar-refractivity contribution in [3.05, 3.63) is 87.3 Å². The topological polar surface area (TPSA) is 131 Å². The van der Waals surface area contributed by atoms with Crippen LogP contribution in [0.2, 0.25) is 0 Å². The van der Waals surface area contributed by atoms with E-state index < -0.39 is 20.9 Å². The Balaban J connectivity index is 1.75. The van der Waals surface area contributed by atoms with Gasteiger partial charge >= 0.3 is 0 Å². The molecule has 3 aromatic rings. The SMILES string of the molecule is O=C(NN=Cc1cccc([N+](=O)[O-])c1)c1ccccc1NS(=O)(=O)c1cccs1. The highest BCUT2D eigenvalue weighted by Gasteiger charge is 2.19. The van der Waals surface area contributed by atoms with Crippen LogP contribution in [0.15, 0.2) is 75.4 Å². The van der Waals surface area contributed by atoms with Crippen LogP contribution in [-0.4, -0.2) is 25.5 Å². The number of hydrazone groups is 1. The third-order valence-corrected chi connectivity index (χ3v) is 6.40. The molecule has 2 aromatic carbocycles. The van der Waals surface area contributed by atoms with Crippen molar-refractivity contribution in [1.82, 2.24) is 5.43 Å². The van der Waals surface area contributed by atoms with Crippen LogP contribution in [0.1, 0.15) is 15.9 Å². The van der Waals surface area contributed by atoms with Crippen LogP contribution in [-0.2, 0) is 10.0 Å². The van der Waals surface area contributed by atoms with Gasteiger partial charge in [-0.15, -0.1) is 11.3 Å². The van der Waals surface area contributed by atoms with Gasteiger partial charge in [-0.3, -0.25) is 19.6 Å². The lowest BCUT2D eigenvalue weighted by Crippen LogP contribution is -2.21. The summed E-state index contributed by atoms with van der Waals surface area (Å²) < 4.78 is 27.3. The molecular weight excluding hydrogens is 416 g/mol. The number of amides is 1. The van der Waals surface area contributed by atoms with Gasteiger partial charge in [0.2, 0.25) is 0 Å². The van der Waals surface area contributed by atoms with E-state index in [4.69, 9.17) is 0 Å². The smallest absolute Gasteiger partial charge is 0.273 e. The first-order valence-corrected chi connectivity index (χ1v) is 10.5. The summed E-state index contributed by atoms with van der Waals surface area (Å²) in [4.78, 5) is 22.7. The largest absolute Gasteiger partial charge is 0.278 e. The van der Waals surface area contributed by atoms with Gasteiger partial charge in [0.15, 0.2) is 0 Å². The Labute approximate surface area is 169 Å². The molecule has 3 rings (SSSR count). The van der Waals surface area contributed by atoms with Gasteiger partial charge in [-0.05, 0) is 23.6 Å². The summed E-state index contributed by atoms with van der Waals surface area (Å²) in [5, 5.41) is 16.2. The van der Waals surface area contributed by atoms with Crippen LogP contribution in [0.25, 0.3) is 0 Å². The number of carbonyl (C=O) groups excluding carboxylic acids is 1. The molecule has 29 heavy (non-hydrogen) atoms. The lowest BCUT2D eigenvalue weighted by Gasteiger charge is -2.10. The van der Waals surface area contributed by atoms with Gasteiger partial charge in [-0.25, -0.2) is 13.8 Å². The van der Waals surface area contributed by atoms with E-state index in [1.54, 1.807) is 29.6 Å². The molecule has 0 bridgehead atoms. The molecule has 9 nitrogen and oxygen atoms in total. The van der Waals surface area contributed by atoms with Crippen molar-refractivity contribution >= 4 is 44.9 Å². The zero-order valence-electron chi connectivity index (χ0n) is 14.7. The van der Waals surface area contributed by atoms with E-state index in [0.717, 1.165) is 11.3 Å². The number of para-hydroxylation sites is 1. The maximum atomic E-state index is 12.4. The summed E-state index contributed by atoms with van der Waals surface area (Å²) in [5.74, 6) is -0.642. The van der Waals surface area contributed by atoms with Gasteiger partial charge in [-0.1, -0.05) is 30.3 Å². The van der Waals surface area contributed by atoms with E-state index in [-0.39, 0.29) is 21.1 Å². The Bertz CT molecular complexity index is 1170. The first-order valence-electron chi connectivity index (χ1n) is 8.10. The zero-order valence-corrected chi connectivity index (χ0v) is 16.3. The highest BCUT2D eigenvalue weighted by Crippen LogP contribution is 2.22. The summed E-state index contributed by atoms with van der Waals surface area (Å²) >= 11 is 1.06. The standard InChI is InChI=1S/C18H14N4O5S2/c23-18(20-19-12-13-5-3-6-14(11-13)22(24)25)15-7-1-2-8-16(15)21-29(26,27)17-9-4-10-28-17/h1-12,21H,(H,20,23). The van der Waals surface area contributed by atoms with Crippen LogP contribution >= 0.6 is 11.3 Å². The molecular formula is C18H14N4O5S2. The number of sulfonamides is 1. The number of hydrogen-bond donors (Lipinski definition) is 2. The molecule has 0 aliphatic heterocycles. The first kappa shape index (κ1) is 20.2. The minimum Gasteiger partial charge on any atom is -0.278 e. The lowest BCUT2D eigenvalue weighted by atomic mass is 10.2. The number of nitrogens with zero attached hydrogens (tertiary/aromatic N) is 2. The second-order valence-corrected chi connectivity index (χ2v) is 8.49. The second-order valence-electron chi connectivity index (χ2n) is 5.63. The van der Waals surface area contributed by atoms with Crippen molar-refractivity contribution < 1.29 is 18.1 Å². The van der Waals surface area contributed by atoms with Crippen molar-refractivity contribution in [3.8, 4) is 0 Å². The molecule has 0 atom stereocenters. The molecule has 0 aliphatic rings. The maximum Gasteiger partial charge on any atom is 0.273 e. The Morgan fingerprint density at radius 1 is 1.10 bits per heavy atom. The summed E-state index contributed by atoms with van der Waals surface area (Å²) in [6, 6.07) is 14.9. The molecule has 0 unspecified atom stereocenters. The fraction of sp³-hybridized carbons (Fsp3) is 0. The fourth-order valence-corrected chi connectivity index (χ4v) is 4.40. The number of benzene rings is 2. The van der Waals surface area contributed by atoms with Gasteiger partial charge in [0.25, 0.3) is 21.6 Å². The monoisotopic (exact) mass is 430 g/mol. The highest BCUT2D eigenvalue weighted by atomic mass is 32.2. The van der Waals surface area contributed by atoms with Gasteiger partial charge in [0.05, 0.1) is 22.4 Å². The molecule has 0 saturated carbocycles. The summed E-state index contributed by atoms with van der Waals surface area (Å²) in [6.45, 7) is 0. The van der Waals surface area contributed by atoms with Crippen LogP contribution in [0.3, 0.4) is 0 Å².